The Bertz CT molecular complexity index is 810. The lowest BCUT2D eigenvalue weighted by atomic mass is 10.0. The lowest BCUT2D eigenvalue weighted by Crippen LogP contribution is -2.45. The van der Waals surface area contributed by atoms with Gasteiger partial charge in [-0.25, -0.2) is 0 Å². The molecule has 0 bridgehead atoms. The van der Waals surface area contributed by atoms with E-state index in [1.165, 1.54) is 238 Å². The number of unbranched alkanes of at least 4 members (excludes halogenated alkanes) is 38. The molecule has 0 aromatic rings. The average Bonchev–Trinajstić information content (AvgIpc) is 3.20. The van der Waals surface area contributed by atoms with Crippen molar-refractivity contribution in [2.45, 2.75) is 296 Å². The molecule has 0 spiro atoms. The molecule has 4 heteroatoms. The summed E-state index contributed by atoms with van der Waals surface area (Å²) in [5, 5.41) is 23.1. The minimum absolute atomic E-state index is 0.0608. The predicted octanol–water partition coefficient (Wildman–Crippen LogP) is 16.4. The average molecular weight is 788 g/mol. The van der Waals surface area contributed by atoms with Crippen LogP contribution in [0.15, 0.2) is 24.3 Å². The van der Waals surface area contributed by atoms with Gasteiger partial charge in [0.1, 0.15) is 0 Å². The first-order chi connectivity index (χ1) is 27.7. The Morgan fingerprint density at radius 2 is 0.679 bits per heavy atom. The van der Waals surface area contributed by atoms with Crippen LogP contribution in [-0.2, 0) is 4.79 Å². The van der Waals surface area contributed by atoms with Gasteiger partial charge >= 0.3 is 0 Å². The summed E-state index contributed by atoms with van der Waals surface area (Å²) in [5.74, 6) is -0.0608. The molecule has 0 aromatic carbocycles. The van der Waals surface area contributed by atoms with E-state index in [1.54, 1.807) is 6.08 Å². The number of hydrogen-bond donors (Lipinski definition) is 3. The summed E-state index contributed by atoms with van der Waals surface area (Å²) in [6.07, 6.45) is 63.1. The van der Waals surface area contributed by atoms with Crippen LogP contribution in [0.5, 0.6) is 0 Å². The van der Waals surface area contributed by atoms with Crippen molar-refractivity contribution in [1.29, 1.82) is 0 Å². The zero-order valence-electron chi connectivity index (χ0n) is 38.2. The van der Waals surface area contributed by atoms with Gasteiger partial charge in [-0.3, -0.25) is 4.79 Å². The summed E-state index contributed by atoms with van der Waals surface area (Å²) >= 11 is 0. The van der Waals surface area contributed by atoms with Crippen molar-refractivity contribution in [3.05, 3.63) is 24.3 Å². The normalized spacial score (nSPS) is 13.0. The predicted molar refractivity (Wildman–Crippen MR) is 249 cm³/mol. The Morgan fingerprint density at radius 3 is 0.982 bits per heavy atom. The molecule has 0 fully saturated rings. The molecular formula is C52H101NO3. The van der Waals surface area contributed by atoms with Crippen molar-refractivity contribution in [3.63, 3.8) is 0 Å². The number of amides is 1. The van der Waals surface area contributed by atoms with Gasteiger partial charge in [0.25, 0.3) is 0 Å². The second-order valence-electron chi connectivity index (χ2n) is 17.6. The Hall–Kier alpha value is -1.13. The number of carbonyl (C=O) groups excluding carboxylic acids is 1. The largest absolute Gasteiger partial charge is 0.394 e. The minimum atomic E-state index is -0.838. The molecule has 2 unspecified atom stereocenters. The Balaban J connectivity index is 3.50. The summed E-state index contributed by atoms with van der Waals surface area (Å²) in [5.41, 5.74) is 0. The fraction of sp³-hybridized carbons (Fsp3) is 0.904. The van der Waals surface area contributed by atoms with Crippen molar-refractivity contribution >= 4 is 5.91 Å². The quantitative estimate of drug-likeness (QED) is 0.0425. The second-order valence-corrected chi connectivity index (χ2v) is 17.6. The van der Waals surface area contributed by atoms with Gasteiger partial charge in [-0.15, -0.1) is 0 Å². The van der Waals surface area contributed by atoms with Crippen molar-refractivity contribution in [1.82, 2.24) is 5.32 Å². The van der Waals surface area contributed by atoms with Crippen LogP contribution in [0.4, 0.5) is 0 Å². The molecule has 0 aliphatic heterocycles. The summed E-state index contributed by atoms with van der Waals surface area (Å²) in [7, 11) is 0. The molecule has 0 saturated heterocycles. The fourth-order valence-corrected chi connectivity index (χ4v) is 8.00. The number of allylic oxidation sites excluding steroid dienone is 3. The highest BCUT2D eigenvalue weighted by Crippen LogP contribution is 2.16. The second kappa shape index (κ2) is 48.2. The highest BCUT2D eigenvalue weighted by Gasteiger charge is 2.18. The molecule has 0 rings (SSSR count). The van der Waals surface area contributed by atoms with Crippen LogP contribution in [0.1, 0.15) is 284 Å². The number of aliphatic hydroxyl groups is 2. The van der Waals surface area contributed by atoms with E-state index in [4.69, 9.17) is 0 Å². The van der Waals surface area contributed by atoms with Gasteiger partial charge in [-0.1, -0.05) is 256 Å². The maximum absolute atomic E-state index is 12.4. The van der Waals surface area contributed by atoms with E-state index in [2.05, 4.69) is 31.3 Å². The number of hydrogen-bond acceptors (Lipinski definition) is 3. The summed E-state index contributed by atoms with van der Waals surface area (Å²) < 4.78 is 0. The fourth-order valence-electron chi connectivity index (χ4n) is 8.00. The maximum atomic E-state index is 12.4. The topological polar surface area (TPSA) is 69.6 Å². The maximum Gasteiger partial charge on any atom is 0.220 e. The van der Waals surface area contributed by atoms with Crippen LogP contribution in [0, 0.1) is 0 Å². The van der Waals surface area contributed by atoms with E-state index in [-0.39, 0.29) is 12.5 Å². The Kier molecular flexibility index (Phi) is 47.3. The molecule has 56 heavy (non-hydrogen) atoms. The molecule has 0 radical (unpaired) electrons. The summed E-state index contributed by atoms with van der Waals surface area (Å²) in [4.78, 5) is 12.4. The molecule has 0 aliphatic rings. The van der Waals surface area contributed by atoms with Gasteiger partial charge < -0.3 is 15.5 Å². The first-order valence-corrected chi connectivity index (χ1v) is 25.6. The van der Waals surface area contributed by atoms with Crippen LogP contribution in [0.2, 0.25) is 0 Å². The van der Waals surface area contributed by atoms with Gasteiger partial charge in [-0.05, 0) is 44.9 Å². The third-order valence-electron chi connectivity index (χ3n) is 11.9. The summed E-state index contributed by atoms with van der Waals surface area (Å²) in [6, 6.07) is -0.621. The van der Waals surface area contributed by atoms with E-state index < -0.39 is 12.1 Å². The zero-order valence-corrected chi connectivity index (χ0v) is 38.2. The number of rotatable bonds is 47. The van der Waals surface area contributed by atoms with E-state index in [0.717, 1.165) is 25.7 Å². The molecule has 3 N–H and O–H groups in total. The SMILES string of the molecule is CCCCCCCCCC/C=C\CCCCCCCCCCCCCC(=O)NC(CO)C(O)/C=C/CCCCCCCCCCCCCCCCCCCCC. The number of aliphatic hydroxyl groups excluding tert-OH is 2. The van der Waals surface area contributed by atoms with Gasteiger partial charge in [0, 0.05) is 6.42 Å². The smallest absolute Gasteiger partial charge is 0.220 e. The van der Waals surface area contributed by atoms with Crippen LogP contribution in [0.25, 0.3) is 0 Å². The minimum Gasteiger partial charge on any atom is -0.394 e. The molecule has 0 saturated carbocycles. The van der Waals surface area contributed by atoms with Gasteiger partial charge in [0.15, 0.2) is 0 Å². The molecule has 0 heterocycles. The monoisotopic (exact) mass is 788 g/mol. The standard InChI is InChI=1S/C52H101NO3/c1-3-5-7-9-11-13-15-17-19-21-23-25-26-28-30-32-34-36-38-40-42-44-46-48-52(56)53-50(49-54)51(55)47-45-43-41-39-37-35-33-31-29-27-24-22-20-18-16-14-12-10-8-6-4-2/h21,23,45,47,50-51,54-55H,3-20,22,24-44,46,48-49H2,1-2H3,(H,53,56)/b23-21-,47-45+. The van der Waals surface area contributed by atoms with E-state index in [0.29, 0.717) is 6.42 Å². The van der Waals surface area contributed by atoms with Crippen LogP contribution in [0.3, 0.4) is 0 Å². The van der Waals surface area contributed by atoms with Gasteiger partial charge in [0.2, 0.25) is 5.91 Å². The molecule has 332 valence electrons. The van der Waals surface area contributed by atoms with E-state index >= 15 is 0 Å². The van der Waals surface area contributed by atoms with Crippen LogP contribution in [-0.4, -0.2) is 34.9 Å². The van der Waals surface area contributed by atoms with E-state index in [9.17, 15) is 15.0 Å². The zero-order chi connectivity index (χ0) is 40.7. The van der Waals surface area contributed by atoms with Crippen LogP contribution >= 0.6 is 0 Å². The lowest BCUT2D eigenvalue weighted by Gasteiger charge is -2.20. The van der Waals surface area contributed by atoms with Crippen molar-refractivity contribution < 1.29 is 15.0 Å². The summed E-state index contributed by atoms with van der Waals surface area (Å²) in [6.45, 7) is 4.34. The lowest BCUT2D eigenvalue weighted by molar-refractivity contribution is -0.123. The van der Waals surface area contributed by atoms with E-state index in [1.807, 2.05) is 6.08 Å². The number of nitrogens with one attached hydrogen (secondary N) is 1. The van der Waals surface area contributed by atoms with Gasteiger partial charge in [0.05, 0.1) is 18.8 Å². The third-order valence-corrected chi connectivity index (χ3v) is 11.9. The van der Waals surface area contributed by atoms with Crippen molar-refractivity contribution in [3.8, 4) is 0 Å². The molecule has 1 amide bonds. The molecule has 0 aromatic heterocycles. The van der Waals surface area contributed by atoms with Crippen molar-refractivity contribution in [2.75, 3.05) is 6.61 Å². The first kappa shape index (κ1) is 54.9. The third kappa shape index (κ3) is 44.0. The molecule has 0 aliphatic carbocycles. The number of carbonyl (C=O) groups is 1. The highest BCUT2D eigenvalue weighted by molar-refractivity contribution is 5.76. The molecular weight excluding hydrogens is 687 g/mol. The highest BCUT2D eigenvalue weighted by atomic mass is 16.3. The van der Waals surface area contributed by atoms with Crippen LogP contribution < -0.4 is 5.32 Å². The Labute approximate surface area is 351 Å². The van der Waals surface area contributed by atoms with Gasteiger partial charge in [-0.2, -0.15) is 0 Å². The molecule has 4 nitrogen and oxygen atoms in total. The van der Waals surface area contributed by atoms with Crippen molar-refractivity contribution in [2.24, 2.45) is 0 Å². The Morgan fingerprint density at radius 1 is 0.411 bits per heavy atom. The molecule has 2 atom stereocenters. The first-order valence-electron chi connectivity index (χ1n) is 25.6.